The second-order valence-corrected chi connectivity index (χ2v) is 6.88. The van der Waals surface area contributed by atoms with E-state index in [0.717, 1.165) is 11.1 Å². The van der Waals surface area contributed by atoms with Crippen molar-refractivity contribution in [2.45, 2.75) is 13.8 Å². The molecule has 0 spiro atoms. The van der Waals surface area contributed by atoms with Crippen LogP contribution in [0.4, 0.5) is 11.4 Å². The summed E-state index contributed by atoms with van der Waals surface area (Å²) in [5.74, 6) is 0.0999. The topological polar surface area (TPSA) is 122 Å². The van der Waals surface area contributed by atoms with E-state index in [4.69, 9.17) is 4.42 Å². The number of nitrogens with zero attached hydrogens (tertiary/aromatic N) is 3. The first-order valence-electron chi connectivity index (χ1n) is 9.04. The zero-order valence-corrected chi connectivity index (χ0v) is 16.2. The van der Waals surface area contributed by atoms with E-state index >= 15 is 0 Å². The van der Waals surface area contributed by atoms with Gasteiger partial charge in [-0.05, 0) is 61.4 Å². The number of benzene rings is 3. The number of oxazole rings is 1. The molecular weight excluding hydrogens is 386 g/mol. The van der Waals surface area contributed by atoms with E-state index in [-0.39, 0.29) is 28.6 Å². The van der Waals surface area contributed by atoms with Crippen LogP contribution in [-0.2, 0) is 0 Å². The maximum Gasteiger partial charge on any atom is 0.270 e. The van der Waals surface area contributed by atoms with Gasteiger partial charge in [-0.3, -0.25) is 15.1 Å². The number of aliphatic imine (C=N–C) groups is 1. The summed E-state index contributed by atoms with van der Waals surface area (Å²) in [5.41, 5.74) is 4.31. The molecule has 0 saturated carbocycles. The number of phenolic OH excluding ortho intramolecular Hbond substituents is 2. The largest absolute Gasteiger partial charge is 0.507 e. The van der Waals surface area contributed by atoms with Crippen molar-refractivity contribution in [3.63, 3.8) is 0 Å². The third-order valence-electron chi connectivity index (χ3n) is 4.79. The maximum atomic E-state index is 10.9. The van der Waals surface area contributed by atoms with Crippen molar-refractivity contribution in [2.75, 3.05) is 0 Å². The lowest BCUT2D eigenvalue weighted by Gasteiger charge is -2.02. The van der Waals surface area contributed by atoms with Crippen molar-refractivity contribution < 1.29 is 19.6 Å². The van der Waals surface area contributed by atoms with Crippen molar-refractivity contribution in [3.8, 4) is 23.0 Å². The monoisotopic (exact) mass is 403 g/mol. The van der Waals surface area contributed by atoms with Crippen LogP contribution < -0.4 is 0 Å². The number of fused-ring (bicyclic) bond motifs is 1. The van der Waals surface area contributed by atoms with E-state index in [2.05, 4.69) is 9.98 Å². The number of rotatable bonds is 4. The zero-order valence-electron chi connectivity index (χ0n) is 16.2. The van der Waals surface area contributed by atoms with E-state index in [9.17, 15) is 20.3 Å². The number of phenols is 2. The minimum atomic E-state index is -0.549. The van der Waals surface area contributed by atoms with Gasteiger partial charge >= 0.3 is 0 Å². The van der Waals surface area contributed by atoms with Gasteiger partial charge in [-0.25, -0.2) is 4.98 Å². The average Bonchev–Trinajstić information content (AvgIpc) is 3.10. The standard InChI is InChI=1S/C22H17N3O5/c1-12-7-18-21(8-13(12)2)30-22(24-18)17-10-15(3-5-20(17)27)23-11-14-9-16(25(28)29)4-6-19(14)26/h3-11,26-27H,1-2H3. The van der Waals surface area contributed by atoms with Crippen molar-refractivity contribution in [1.29, 1.82) is 0 Å². The molecule has 2 N–H and O–H groups in total. The third kappa shape index (κ3) is 3.58. The number of nitro groups is 1. The predicted molar refractivity (Wildman–Crippen MR) is 113 cm³/mol. The molecule has 3 aromatic carbocycles. The zero-order chi connectivity index (χ0) is 21.4. The molecule has 0 aliphatic carbocycles. The third-order valence-corrected chi connectivity index (χ3v) is 4.79. The molecular formula is C22H17N3O5. The Kier molecular flexibility index (Phi) is 4.67. The first-order valence-corrected chi connectivity index (χ1v) is 9.04. The minimum absolute atomic E-state index is 0.0212. The molecule has 1 aromatic heterocycles. The Balaban J connectivity index is 1.72. The van der Waals surface area contributed by atoms with Crippen LogP contribution in [0.25, 0.3) is 22.6 Å². The van der Waals surface area contributed by atoms with E-state index in [1.54, 1.807) is 12.1 Å². The summed E-state index contributed by atoms with van der Waals surface area (Å²) in [5, 5.41) is 31.1. The summed E-state index contributed by atoms with van der Waals surface area (Å²) >= 11 is 0. The Morgan fingerprint density at radius 3 is 2.53 bits per heavy atom. The van der Waals surface area contributed by atoms with E-state index in [1.165, 1.54) is 30.5 Å². The van der Waals surface area contributed by atoms with Crippen LogP contribution in [0, 0.1) is 24.0 Å². The van der Waals surface area contributed by atoms with Gasteiger partial charge in [0.1, 0.15) is 17.0 Å². The van der Waals surface area contributed by atoms with Gasteiger partial charge in [0.25, 0.3) is 5.69 Å². The van der Waals surface area contributed by atoms with Crippen LogP contribution in [0.3, 0.4) is 0 Å². The molecule has 0 amide bonds. The summed E-state index contributed by atoms with van der Waals surface area (Å²) in [4.78, 5) is 19.1. The molecule has 8 nitrogen and oxygen atoms in total. The first kappa shape index (κ1) is 19.1. The first-order chi connectivity index (χ1) is 14.3. The number of aryl methyl sites for hydroxylation is 2. The Hall–Kier alpha value is -4.20. The van der Waals surface area contributed by atoms with Gasteiger partial charge in [-0.2, -0.15) is 0 Å². The maximum absolute atomic E-state index is 10.9. The average molecular weight is 403 g/mol. The van der Waals surface area contributed by atoms with Gasteiger partial charge in [-0.15, -0.1) is 0 Å². The van der Waals surface area contributed by atoms with Crippen molar-refractivity contribution >= 4 is 28.7 Å². The highest BCUT2D eigenvalue weighted by molar-refractivity contribution is 5.87. The Labute approximate surface area is 170 Å². The number of non-ortho nitro benzene ring substituents is 1. The fraction of sp³-hybridized carbons (Fsp3) is 0.0909. The smallest absolute Gasteiger partial charge is 0.270 e. The van der Waals surface area contributed by atoms with Gasteiger partial charge < -0.3 is 14.6 Å². The predicted octanol–water partition coefficient (Wildman–Crippen LogP) is 5.18. The second kappa shape index (κ2) is 7.32. The van der Waals surface area contributed by atoms with Gasteiger partial charge in [-0.1, -0.05) is 0 Å². The summed E-state index contributed by atoms with van der Waals surface area (Å²) in [6, 6.07) is 12.1. The van der Waals surface area contributed by atoms with Gasteiger partial charge in [0, 0.05) is 23.9 Å². The summed E-state index contributed by atoms with van der Waals surface area (Å²) in [6.07, 6.45) is 1.32. The summed E-state index contributed by atoms with van der Waals surface area (Å²) in [6.45, 7) is 3.96. The van der Waals surface area contributed by atoms with E-state index in [0.29, 0.717) is 22.4 Å². The summed E-state index contributed by atoms with van der Waals surface area (Å²) in [7, 11) is 0. The van der Waals surface area contributed by atoms with Gasteiger partial charge in [0.15, 0.2) is 5.58 Å². The lowest BCUT2D eigenvalue weighted by atomic mass is 10.1. The number of nitro benzene ring substituents is 1. The molecule has 0 aliphatic heterocycles. The molecule has 4 aromatic rings. The van der Waals surface area contributed by atoms with Gasteiger partial charge in [0.2, 0.25) is 5.89 Å². The van der Waals surface area contributed by atoms with Crippen LogP contribution in [0.15, 0.2) is 57.9 Å². The molecule has 0 fully saturated rings. The highest BCUT2D eigenvalue weighted by atomic mass is 16.6. The fourth-order valence-corrected chi connectivity index (χ4v) is 2.97. The molecule has 0 atom stereocenters. The van der Waals surface area contributed by atoms with Crippen molar-refractivity contribution in [2.24, 2.45) is 4.99 Å². The van der Waals surface area contributed by atoms with E-state index < -0.39 is 4.92 Å². The lowest BCUT2D eigenvalue weighted by Crippen LogP contribution is -1.90. The Morgan fingerprint density at radius 2 is 1.77 bits per heavy atom. The van der Waals surface area contributed by atoms with Crippen molar-refractivity contribution in [3.05, 3.63) is 75.3 Å². The van der Waals surface area contributed by atoms with Crippen LogP contribution in [0.2, 0.25) is 0 Å². The number of aromatic nitrogens is 1. The van der Waals surface area contributed by atoms with Crippen LogP contribution in [-0.4, -0.2) is 26.3 Å². The second-order valence-electron chi connectivity index (χ2n) is 6.88. The number of aromatic hydroxyl groups is 2. The molecule has 0 unspecified atom stereocenters. The molecule has 0 saturated heterocycles. The lowest BCUT2D eigenvalue weighted by molar-refractivity contribution is -0.384. The van der Waals surface area contributed by atoms with Gasteiger partial charge in [0.05, 0.1) is 16.2 Å². The molecule has 1 heterocycles. The summed E-state index contributed by atoms with van der Waals surface area (Å²) < 4.78 is 5.81. The normalized spacial score (nSPS) is 11.4. The molecule has 0 bridgehead atoms. The van der Waals surface area contributed by atoms with E-state index in [1.807, 2.05) is 26.0 Å². The molecule has 8 heteroatoms. The molecule has 0 radical (unpaired) electrons. The fourth-order valence-electron chi connectivity index (χ4n) is 2.97. The highest BCUT2D eigenvalue weighted by Crippen LogP contribution is 2.35. The van der Waals surface area contributed by atoms with Crippen molar-refractivity contribution in [1.82, 2.24) is 4.98 Å². The Morgan fingerprint density at radius 1 is 1.03 bits per heavy atom. The number of hydrogen-bond donors (Lipinski definition) is 2. The molecule has 150 valence electrons. The molecule has 30 heavy (non-hydrogen) atoms. The van der Waals surface area contributed by atoms with Crippen LogP contribution in [0.1, 0.15) is 16.7 Å². The van der Waals surface area contributed by atoms with Crippen LogP contribution >= 0.6 is 0 Å². The molecule has 0 aliphatic rings. The Bertz CT molecular complexity index is 1290. The van der Waals surface area contributed by atoms with Crippen LogP contribution in [0.5, 0.6) is 11.5 Å². The quantitative estimate of drug-likeness (QED) is 0.275. The number of hydrogen-bond acceptors (Lipinski definition) is 7. The molecule has 4 rings (SSSR count). The minimum Gasteiger partial charge on any atom is -0.507 e. The SMILES string of the molecule is Cc1cc2nc(-c3cc(N=Cc4cc([N+](=O)[O-])ccc4O)ccc3O)oc2cc1C. The highest BCUT2D eigenvalue weighted by Gasteiger charge is 2.14.